The molecule has 2 aromatic rings. The van der Waals surface area contributed by atoms with Crippen molar-refractivity contribution >= 4 is 23.2 Å². The Labute approximate surface area is 171 Å². The molecule has 2 aliphatic rings. The number of aromatic nitrogens is 1. The molecule has 7 nitrogen and oxygen atoms in total. The molecule has 0 unspecified atom stereocenters. The van der Waals surface area contributed by atoms with Gasteiger partial charge in [0.05, 0.1) is 11.4 Å². The van der Waals surface area contributed by atoms with E-state index in [2.05, 4.69) is 26.6 Å². The predicted molar refractivity (Wildman–Crippen MR) is 113 cm³/mol. The second-order valence-electron chi connectivity index (χ2n) is 7.84. The molecule has 4 rings (SSSR count). The van der Waals surface area contributed by atoms with E-state index < -0.39 is 0 Å². The van der Waals surface area contributed by atoms with Gasteiger partial charge < -0.3 is 15.5 Å². The normalized spacial score (nSPS) is 18.0. The van der Waals surface area contributed by atoms with Gasteiger partial charge in [0.1, 0.15) is 0 Å². The quantitative estimate of drug-likeness (QED) is 0.833. The number of carbonyl (C=O) groups excluding carboxylic acids is 2. The molecule has 152 valence electrons. The fraction of sp³-hybridized carbons (Fsp3) is 0.409. The minimum atomic E-state index is -0.0836. The molecule has 0 spiro atoms. The molecule has 7 heteroatoms. The van der Waals surface area contributed by atoms with Crippen LogP contribution in [-0.4, -0.2) is 54.4 Å². The molecule has 3 heterocycles. The number of benzene rings is 1. The maximum absolute atomic E-state index is 12.8. The molecule has 0 radical (unpaired) electrons. The molecule has 1 fully saturated rings. The standard InChI is InChI=1S/C22H27N5O2/c1-26-10-8-21(28)25-19-13-17(4-5-20(19)26)22(29)24-18-6-11-27(12-7-18)15-16-3-2-9-23-14-16/h2-5,9,13-14,18H,6-8,10-12,15H2,1H3,(H,24,29)(H,25,28). The van der Waals surface area contributed by atoms with Gasteiger partial charge in [-0.2, -0.15) is 0 Å². The Kier molecular flexibility index (Phi) is 5.76. The number of hydrogen-bond donors (Lipinski definition) is 2. The number of rotatable bonds is 4. The van der Waals surface area contributed by atoms with Gasteiger partial charge in [0.25, 0.3) is 5.91 Å². The number of likely N-dealkylation sites (tertiary alicyclic amines) is 1. The lowest BCUT2D eigenvalue weighted by atomic mass is 10.0. The molecule has 29 heavy (non-hydrogen) atoms. The second-order valence-corrected chi connectivity index (χ2v) is 7.84. The van der Waals surface area contributed by atoms with Crippen LogP contribution in [-0.2, 0) is 11.3 Å². The van der Waals surface area contributed by atoms with Crippen LogP contribution in [0.15, 0.2) is 42.7 Å². The van der Waals surface area contributed by atoms with E-state index in [4.69, 9.17) is 0 Å². The third kappa shape index (κ3) is 4.74. The topological polar surface area (TPSA) is 77.6 Å². The van der Waals surface area contributed by atoms with Crippen LogP contribution in [0.3, 0.4) is 0 Å². The first-order valence-corrected chi connectivity index (χ1v) is 10.2. The summed E-state index contributed by atoms with van der Waals surface area (Å²) in [5.74, 6) is -0.103. The van der Waals surface area contributed by atoms with Crippen LogP contribution in [0, 0.1) is 0 Å². The molecule has 1 saturated heterocycles. The van der Waals surface area contributed by atoms with Crippen LogP contribution >= 0.6 is 0 Å². The van der Waals surface area contributed by atoms with Gasteiger partial charge in [-0.3, -0.25) is 19.5 Å². The van der Waals surface area contributed by atoms with Crippen molar-refractivity contribution in [2.45, 2.75) is 31.8 Å². The number of anilines is 2. The molecule has 2 N–H and O–H groups in total. The molecule has 0 saturated carbocycles. The van der Waals surface area contributed by atoms with Crippen molar-refractivity contribution in [3.05, 3.63) is 53.9 Å². The highest BCUT2D eigenvalue weighted by atomic mass is 16.2. The highest BCUT2D eigenvalue weighted by molar-refractivity contribution is 6.01. The summed E-state index contributed by atoms with van der Waals surface area (Å²) in [4.78, 5) is 33.3. The molecule has 0 atom stereocenters. The first kappa shape index (κ1) is 19.4. The number of amides is 2. The largest absolute Gasteiger partial charge is 0.372 e. The van der Waals surface area contributed by atoms with E-state index in [0.29, 0.717) is 24.2 Å². The molecule has 0 bridgehead atoms. The number of hydrogen-bond acceptors (Lipinski definition) is 5. The average Bonchev–Trinajstić information content (AvgIpc) is 2.88. The Hall–Kier alpha value is -2.93. The van der Waals surface area contributed by atoms with Crippen molar-refractivity contribution in [1.29, 1.82) is 0 Å². The Morgan fingerprint density at radius 3 is 2.83 bits per heavy atom. The van der Waals surface area contributed by atoms with Crippen LogP contribution in [0.4, 0.5) is 11.4 Å². The van der Waals surface area contributed by atoms with Gasteiger partial charge >= 0.3 is 0 Å². The summed E-state index contributed by atoms with van der Waals surface area (Å²) in [6, 6.07) is 9.75. The number of carbonyl (C=O) groups is 2. The first-order valence-electron chi connectivity index (χ1n) is 10.2. The monoisotopic (exact) mass is 393 g/mol. The minimum absolute atomic E-state index is 0.0193. The minimum Gasteiger partial charge on any atom is -0.372 e. The number of nitrogens with one attached hydrogen (secondary N) is 2. The van der Waals surface area contributed by atoms with E-state index in [9.17, 15) is 9.59 Å². The van der Waals surface area contributed by atoms with Gasteiger partial charge in [0, 0.05) is 63.6 Å². The summed E-state index contributed by atoms with van der Waals surface area (Å²) in [5, 5.41) is 6.07. The van der Waals surface area contributed by atoms with Crippen LogP contribution in [0.2, 0.25) is 0 Å². The molecule has 1 aromatic carbocycles. The van der Waals surface area contributed by atoms with Crippen molar-refractivity contribution in [3.8, 4) is 0 Å². The van der Waals surface area contributed by atoms with E-state index in [1.807, 2.05) is 36.3 Å². The fourth-order valence-corrected chi connectivity index (χ4v) is 3.97. The van der Waals surface area contributed by atoms with Crippen molar-refractivity contribution in [3.63, 3.8) is 0 Å². The highest BCUT2D eigenvalue weighted by Gasteiger charge is 2.23. The lowest BCUT2D eigenvalue weighted by molar-refractivity contribution is -0.115. The summed E-state index contributed by atoms with van der Waals surface area (Å²) in [7, 11) is 1.96. The van der Waals surface area contributed by atoms with E-state index in [1.54, 1.807) is 12.3 Å². The SMILES string of the molecule is CN1CCC(=O)Nc2cc(C(=O)NC3CCN(Cc4cccnc4)CC3)ccc21. The van der Waals surface area contributed by atoms with Crippen LogP contribution < -0.4 is 15.5 Å². The smallest absolute Gasteiger partial charge is 0.251 e. The first-order chi connectivity index (χ1) is 14.1. The number of pyridine rings is 1. The third-order valence-corrected chi connectivity index (χ3v) is 5.67. The third-order valence-electron chi connectivity index (χ3n) is 5.67. The van der Waals surface area contributed by atoms with Crippen molar-refractivity contribution < 1.29 is 9.59 Å². The van der Waals surface area contributed by atoms with Gasteiger partial charge in [0.15, 0.2) is 0 Å². The van der Waals surface area contributed by atoms with Gasteiger partial charge in [-0.15, -0.1) is 0 Å². The van der Waals surface area contributed by atoms with E-state index in [0.717, 1.165) is 38.2 Å². The van der Waals surface area contributed by atoms with E-state index >= 15 is 0 Å². The second kappa shape index (κ2) is 8.61. The molecule has 0 aliphatic carbocycles. The molecule has 2 amide bonds. The van der Waals surface area contributed by atoms with Gasteiger partial charge in [-0.25, -0.2) is 0 Å². The Morgan fingerprint density at radius 2 is 2.07 bits per heavy atom. The number of fused-ring (bicyclic) bond motifs is 1. The number of nitrogens with zero attached hydrogens (tertiary/aromatic N) is 3. The Balaban J connectivity index is 1.34. The summed E-state index contributed by atoms with van der Waals surface area (Å²) in [6.45, 7) is 3.46. The summed E-state index contributed by atoms with van der Waals surface area (Å²) in [5.41, 5.74) is 3.44. The Bertz CT molecular complexity index is 878. The van der Waals surface area contributed by atoms with E-state index in [-0.39, 0.29) is 17.9 Å². The molecular weight excluding hydrogens is 366 g/mol. The molecular formula is C22H27N5O2. The molecule has 2 aliphatic heterocycles. The lowest BCUT2D eigenvalue weighted by Gasteiger charge is -2.32. The predicted octanol–water partition coefficient (Wildman–Crippen LogP) is 2.25. The fourth-order valence-electron chi connectivity index (χ4n) is 3.97. The molecule has 1 aromatic heterocycles. The van der Waals surface area contributed by atoms with Crippen LogP contribution in [0.5, 0.6) is 0 Å². The van der Waals surface area contributed by atoms with Gasteiger partial charge in [-0.1, -0.05) is 6.07 Å². The maximum Gasteiger partial charge on any atom is 0.251 e. The highest BCUT2D eigenvalue weighted by Crippen LogP contribution is 2.29. The summed E-state index contributed by atoms with van der Waals surface area (Å²) in [6.07, 6.45) is 6.00. The van der Waals surface area contributed by atoms with Crippen molar-refractivity contribution in [2.75, 3.05) is 36.9 Å². The van der Waals surface area contributed by atoms with Crippen LogP contribution in [0.1, 0.15) is 35.2 Å². The van der Waals surface area contributed by atoms with Crippen molar-refractivity contribution in [2.24, 2.45) is 0 Å². The zero-order valence-corrected chi connectivity index (χ0v) is 16.7. The zero-order valence-electron chi connectivity index (χ0n) is 16.7. The van der Waals surface area contributed by atoms with Gasteiger partial charge in [-0.05, 0) is 42.7 Å². The van der Waals surface area contributed by atoms with E-state index in [1.165, 1.54) is 5.56 Å². The lowest BCUT2D eigenvalue weighted by Crippen LogP contribution is -2.44. The van der Waals surface area contributed by atoms with Crippen LogP contribution in [0.25, 0.3) is 0 Å². The number of piperidine rings is 1. The summed E-state index contributed by atoms with van der Waals surface area (Å²) < 4.78 is 0. The average molecular weight is 393 g/mol. The summed E-state index contributed by atoms with van der Waals surface area (Å²) >= 11 is 0. The zero-order chi connectivity index (χ0) is 20.2. The Morgan fingerprint density at radius 1 is 1.24 bits per heavy atom. The maximum atomic E-state index is 12.8. The van der Waals surface area contributed by atoms with Crippen molar-refractivity contribution in [1.82, 2.24) is 15.2 Å². The van der Waals surface area contributed by atoms with Gasteiger partial charge in [0.2, 0.25) is 5.91 Å².